The molecule has 4 nitrogen and oxygen atoms in total. The van der Waals surface area contributed by atoms with Gasteiger partial charge in [-0.25, -0.2) is 0 Å². The SMILES string of the molecule is O=C([O-])c1ccccc1-c1ccccc1C(=O)Nc1ccccc1-c1ccccc1. The lowest BCUT2D eigenvalue weighted by atomic mass is 9.95. The number of anilines is 1. The van der Waals surface area contributed by atoms with Gasteiger partial charge in [0.15, 0.2) is 0 Å². The van der Waals surface area contributed by atoms with E-state index in [1.165, 1.54) is 6.07 Å². The third kappa shape index (κ3) is 3.84. The Balaban J connectivity index is 1.74. The molecule has 0 aliphatic carbocycles. The summed E-state index contributed by atoms with van der Waals surface area (Å²) in [5.74, 6) is -1.60. The molecule has 0 saturated carbocycles. The Bertz CT molecular complexity index is 1220. The standard InChI is InChI=1S/C26H19NO3/c28-25(27-24-17-9-8-12-19(24)18-10-2-1-3-11-18)22-15-6-4-13-20(22)21-14-5-7-16-23(21)26(29)30/h1-17H,(H,27,28)(H,29,30)/p-1. The zero-order valence-electron chi connectivity index (χ0n) is 16.0. The number of para-hydroxylation sites is 1. The molecular formula is C26H18NO3-. The molecule has 0 aliphatic heterocycles. The summed E-state index contributed by atoms with van der Waals surface area (Å²) < 4.78 is 0. The highest BCUT2D eigenvalue weighted by Gasteiger charge is 2.16. The average Bonchev–Trinajstić information content (AvgIpc) is 2.80. The quantitative estimate of drug-likeness (QED) is 0.538. The predicted molar refractivity (Wildman–Crippen MR) is 116 cm³/mol. The molecule has 146 valence electrons. The van der Waals surface area contributed by atoms with Crippen LogP contribution in [-0.4, -0.2) is 11.9 Å². The first-order chi connectivity index (χ1) is 14.6. The van der Waals surface area contributed by atoms with Gasteiger partial charge >= 0.3 is 0 Å². The van der Waals surface area contributed by atoms with Crippen molar-refractivity contribution >= 4 is 17.6 Å². The molecule has 0 heterocycles. The second-order valence-corrected chi connectivity index (χ2v) is 6.74. The van der Waals surface area contributed by atoms with Crippen LogP contribution in [0.3, 0.4) is 0 Å². The zero-order chi connectivity index (χ0) is 20.9. The Labute approximate surface area is 174 Å². The van der Waals surface area contributed by atoms with Crippen molar-refractivity contribution < 1.29 is 14.7 Å². The number of carbonyl (C=O) groups is 2. The van der Waals surface area contributed by atoms with E-state index < -0.39 is 5.97 Å². The molecule has 0 aromatic heterocycles. The van der Waals surface area contributed by atoms with Gasteiger partial charge < -0.3 is 15.2 Å². The fraction of sp³-hybridized carbons (Fsp3) is 0. The Morgan fingerprint density at radius 2 is 1.07 bits per heavy atom. The van der Waals surface area contributed by atoms with Gasteiger partial charge in [0.1, 0.15) is 0 Å². The maximum absolute atomic E-state index is 13.2. The van der Waals surface area contributed by atoms with E-state index in [0.29, 0.717) is 22.4 Å². The average molecular weight is 392 g/mol. The number of carboxylic acid groups (broad SMARTS) is 1. The van der Waals surface area contributed by atoms with Crippen LogP contribution in [0.1, 0.15) is 20.7 Å². The number of carboxylic acids is 1. The maximum atomic E-state index is 13.2. The van der Waals surface area contributed by atoms with Crippen molar-refractivity contribution in [3.05, 3.63) is 114 Å². The van der Waals surface area contributed by atoms with Crippen LogP contribution in [0.5, 0.6) is 0 Å². The molecule has 1 N–H and O–H groups in total. The monoisotopic (exact) mass is 392 g/mol. The van der Waals surface area contributed by atoms with E-state index in [1.54, 1.807) is 42.5 Å². The number of nitrogens with one attached hydrogen (secondary N) is 1. The first-order valence-electron chi connectivity index (χ1n) is 9.51. The van der Waals surface area contributed by atoms with Gasteiger partial charge in [-0.2, -0.15) is 0 Å². The van der Waals surface area contributed by atoms with Crippen molar-refractivity contribution in [2.75, 3.05) is 5.32 Å². The molecule has 0 fully saturated rings. The van der Waals surface area contributed by atoms with Gasteiger partial charge in [0.05, 0.1) is 5.97 Å². The molecule has 30 heavy (non-hydrogen) atoms. The second kappa shape index (κ2) is 8.45. The van der Waals surface area contributed by atoms with E-state index in [2.05, 4.69) is 5.32 Å². The number of carbonyl (C=O) groups excluding carboxylic acids is 2. The third-order valence-electron chi connectivity index (χ3n) is 4.87. The number of hydrogen-bond donors (Lipinski definition) is 1. The van der Waals surface area contributed by atoms with Crippen molar-refractivity contribution in [1.82, 2.24) is 0 Å². The molecule has 4 heteroatoms. The lowest BCUT2D eigenvalue weighted by Gasteiger charge is -2.16. The highest BCUT2D eigenvalue weighted by molar-refractivity contribution is 6.11. The fourth-order valence-corrected chi connectivity index (χ4v) is 3.46. The van der Waals surface area contributed by atoms with Crippen molar-refractivity contribution in [2.45, 2.75) is 0 Å². The Morgan fingerprint density at radius 1 is 0.567 bits per heavy atom. The van der Waals surface area contributed by atoms with E-state index in [0.717, 1.165) is 11.1 Å². The third-order valence-corrected chi connectivity index (χ3v) is 4.87. The highest BCUT2D eigenvalue weighted by Crippen LogP contribution is 2.30. The van der Waals surface area contributed by atoms with Gasteiger partial charge in [-0.05, 0) is 28.8 Å². The second-order valence-electron chi connectivity index (χ2n) is 6.74. The molecule has 4 aromatic rings. The zero-order valence-corrected chi connectivity index (χ0v) is 16.0. The number of rotatable bonds is 5. The molecule has 4 aromatic carbocycles. The summed E-state index contributed by atoms with van der Waals surface area (Å²) in [6.45, 7) is 0. The van der Waals surface area contributed by atoms with Crippen LogP contribution in [0.15, 0.2) is 103 Å². The molecule has 0 aliphatic rings. The van der Waals surface area contributed by atoms with Gasteiger partial charge in [0, 0.05) is 22.4 Å². The number of hydrogen-bond acceptors (Lipinski definition) is 3. The first kappa shape index (κ1) is 19.2. The molecule has 1 amide bonds. The lowest BCUT2D eigenvalue weighted by molar-refractivity contribution is -0.254. The fourth-order valence-electron chi connectivity index (χ4n) is 3.46. The van der Waals surface area contributed by atoms with Crippen LogP contribution in [0.25, 0.3) is 22.3 Å². The van der Waals surface area contributed by atoms with Gasteiger partial charge in [-0.1, -0.05) is 91.0 Å². The first-order valence-corrected chi connectivity index (χ1v) is 9.51. The number of amides is 1. The van der Waals surface area contributed by atoms with Crippen molar-refractivity contribution in [2.24, 2.45) is 0 Å². The predicted octanol–water partition coefficient (Wildman–Crippen LogP) is 4.64. The Morgan fingerprint density at radius 3 is 1.73 bits per heavy atom. The molecule has 0 spiro atoms. The summed E-state index contributed by atoms with van der Waals surface area (Å²) in [7, 11) is 0. The smallest absolute Gasteiger partial charge is 0.256 e. The van der Waals surface area contributed by atoms with Crippen LogP contribution in [0, 0.1) is 0 Å². The summed E-state index contributed by atoms with van der Waals surface area (Å²) in [5.41, 5.74) is 3.97. The minimum Gasteiger partial charge on any atom is -0.545 e. The van der Waals surface area contributed by atoms with Crippen LogP contribution in [0.2, 0.25) is 0 Å². The largest absolute Gasteiger partial charge is 0.545 e. The van der Waals surface area contributed by atoms with E-state index in [9.17, 15) is 14.7 Å². The van der Waals surface area contributed by atoms with E-state index in [1.807, 2.05) is 54.6 Å². The van der Waals surface area contributed by atoms with E-state index in [4.69, 9.17) is 0 Å². The molecule has 0 saturated heterocycles. The normalized spacial score (nSPS) is 10.4. The molecule has 0 bridgehead atoms. The Kier molecular flexibility index (Phi) is 5.39. The van der Waals surface area contributed by atoms with Crippen LogP contribution >= 0.6 is 0 Å². The van der Waals surface area contributed by atoms with Crippen LogP contribution < -0.4 is 10.4 Å². The minimum atomic E-state index is -1.28. The number of benzene rings is 4. The summed E-state index contributed by atoms with van der Waals surface area (Å²) in [5, 5.41) is 14.5. The summed E-state index contributed by atoms with van der Waals surface area (Å²) in [6, 6.07) is 30.8. The molecule has 0 radical (unpaired) electrons. The highest BCUT2D eigenvalue weighted by atomic mass is 16.4. The molecule has 0 unspecified atom stereocenters. The summed E-state index contributed by atoms with van der Waals surface area (Å²) >= 11 is 0. The summed E-state index contributed by atoms with van der Waals surface area (Å²) in [6.07, 6.45) is 0. The van der Waals surface area contributed by atoms with Crippen LogP contribution in [-0.2, 0) is 0 Å². The van der Waals surface area contributed by atoms with Crippen molar-refractivity contribution in [1.29, 1.82) is 0 Å². The van der Waals surface area contributed by atoms with Gasteiger partial charge in [0.2, 0.25) is 0 Å². The van der Waals surface area contributed by atoms with E-state index >= 15 is 0 Å². The minimum absolute atomic E-state index is 0.0439. The lowest BCUT2D eigenvalue weighted by Crippen LogP contribution is -2.23. The molecule has 4 rings (SSSR count). The van der Waals surface area contributed by atoms with Crippen LogP contribution in [0.4, 0.5) is 5.69 Å². The topological polar surface area (TPSA) is 69.2 Å². The maximum Gasteiger partial charge on any atom is 0.256 e. The van der Waals surface area contributed by atoms with Crippen molar-refractivity contribution in [3.63, 3.8) is 0 Å². The van der Waals surface area contributed by atoms with Gasteiger partial charge in [-0.15, -0.1) is 0 Å². The van der Waals surface area contributed by atoms with E-state index in [-0.39, 0.29) is 11.5 Å². The van der Waals surface area contributed by atoms with Gasteiger partial charge in [0.25, 0.3) is 5.91 Å². The summed E-state index contributed by atoms with van der Waals surface area (Å²) in [4.78, 5) is 24.8. The Hall–Kier alpha value is -4.18. The van der Waals surface area contributed by atoms with Crippen molar-refractivity contribution in [3.8, 4) is 22.3 Å². The molecule has 0 atom stereocenters. The molecular weight excluding hydrogens is 374 g/mol. The number of aromatic carboxylic acids is 1. The van der Waals surface area contributed by atoms with Gasteiger partial charge in [-0.3, -0.25) is 4.79 Å².